The summed E-state index contributed by atoms with van der Waals surface area (Å²) in [4.78, 5) is 0. The Kier molecular flexibility index (Phi) is 10.2. The highest BCUT2D eigenvalue weighted by Gasteiger charge is 1.75. The predicted molar refractivity (Wildman–Crippen MR) is 72.8 cm³/mol. The summed E-state index contributed by atoms with van der Waals surface area (Å²) in [5, 5.41) is 17.5. The van der Waals surface area contributed by atoms with Crippen molar-refractivity contribution in [3.05, 3.63) is 60.7 Å². The van der Waals surface area contributed by atoms with Crippen LogP contribution < -0.4 is 0 Å². The van der Waals surface area contributed by atoms with Gasteiger partial charge in [-0.3, -0.25) is 0 Å². The molecule has 0 atom stereocenters. The van der Waals surface area contributed by atoms with E-state index < -0.39 is 0 Å². The van der Waals surface area contributed by atoms with Gasteiger partial charge in [0.25, 0.3) is 0 Å². The SMILES string of the molecule is ClCCl.Oc1ccccc1.Oc1ccccc1. The van der Waals surface area contributed by atoms with E-state index in [1.54, 1.807) is 48.5 Å². The maximum atomic E-state index is 8.63. The zero-order valence-electron chi connectivity index (χ0n) is 9.13. The molecule has 17 heavy (non-hydrogen) atoms. The third kappa shape index (κ3) is 10.9. The van der Waals surface area contributed by atoms with Gasteiger partial charge in [-0.15, -0.1) is 23.2 Å². The number of rotatable bonds is 0. The average Bonchev–Trinajstić information content (AvgIpc) is 2.33. The van der Waals surface area contributed by atoms with Crippen molar-refractivity contribution in [3.8, 4) is 11.5 Å². The molecule has 92 valence electrons. The van der Waals surface area contributed by atoms with E-state index in [1.807, 2.05) is 12.1 Å². The molecule has 2 aromatic carbocycles. The van der Waals surface area contributed by atoms with E-state index in [2.05, 4.69) is 0 Å². The van der Waals surface area contributed by atoms with Crippen LogP contribution in [0.4, 0.5) is 0 Å². The van der Waals surface area contributed by atoms with Gasteiger partial charge in [0.15, 0.2) is 0 Å². The summed E-state index contributed by atoms with van der Waals surface area (Å²) in [6.07, 6.45) is 0. The fourth-order valence-electron chi connectivity index (χ4n) is 0.856. The van der Waals surface area contributed by atoms with Crippen LogP contribution >= 0.6 is 23.2 Å². The first kappa shape index (κ1) is 15.6. The summed E-state index contributed by atoms with van der Waals surface area (Å²) >= 11 is 9.53. The Labute approximate surface area is 111 Å². The molecule has 0 radical (unpaired) electrons. The Balaban J connectivity index is 0.000000247. The summed E-state index contributed by atoms with van der Waals surface area (Å²) in [6, 6.07) is 17.4. The molecule has 0 bridgehead atoms. The molecule has 0 aliphatic carbocycles. The van der Waals surface area contributed by atoms with Gasteiger partial charge < -0.3 is 10.2 Å². The van der Waals surface area contributed by atoms with E-state index >= 15 is 0 Å². The Morgan fingerprint density at radius 3 is 1.00 bits per heavy atom. The summed E-state index contributed by atoms with van der Waals surface area (Å²) in [5.74, 6) is 0.644. The van der Waals surface area contributed by atoms with Crippen LogP contribution in [0, 0.1) is 0 Å². The van der Waals surface area contributed by atoms with Crippen LogP contribution in [0.15, 0.2) is 60.7 Å². The van der Waals surface area contributed by atoms with Crippen LogP contribution in [0.2, 0.25) is 0 Å². The Bertz CT molecular complexity index is 328. The average molecular weight is 273 g/mol. The molecule has 0 fully saturated rings. The lowest BCUT2D eigenvalue weighted by molar-refractivity contribution is 0.475. The van der Waals surface area contributed by atoms with Crippen molar-refractivity contribution in [2.75, 3.05) is 5.34 Å². The molecule has 2 rings (SSSR count). The number of phenols is 2. The molecule has 0 heterocycles. The van der Waals surface area contributed by atoms with Gasteiger partial charge in [-0.05, 0) is 24.3 Å². The lowest BCUT2D eigenvalue weighted by atomic mass is 10.3. The third-order valence-electron chi connectivity index (χ3n) is 1.51. The molecule has 0 unspecified atom stereocenters. The molecule has 0 amide bonds. The fraction of sp³-hybridized carbons (Fsp3) is 0.0769. The normalized spacial score (nSPS) is 8.12. The van der Waals surface area contributed by atoms with Crippen molar-refractivity contribution in [1.29, 1.82) is 0 Å². The van der Waals surface area contributed by atoms with Crippen LogP contribution in [0.25, 0.3) is 0 Å². The van der Waals surface area contributed by atoms with Gasteiger partial charge in [0, 0.05) is 0 Å². The van der Waals surface area contributed by atoms with Gasteiger partial charge in [-0.25, -0.2) is 0 Å². The zero-order chi connectivity index (χ0) is 12.9. The summed E-state index contributed by atoms with van der Waals surface area (Å²) in [5.41, 5.74) is 0. The van der Waals surface area contributed by atoms with E-state index in [0.717, 1.165) is 0 Å². The molecule has 2 nitrogen and oxygen atoms in total. The number of halogens is 2. The lowest BCUT2D eigenvalue weighted by Gasteiger charge is -1.82. The van der Waals surface area contributed by atoms with Crippen LogP contribution in [-0.4, -0.2) is 15.6 Å². The molecular weight excluding hydrogens is 259 g/mol. The van der Waals surface area contributed by atoms with Crippen molar-refractivity contribution < 1.29 is 10.2 Å². The molecule has 0 saturated heterocycles. The van der Waals surface area contributed by atoms with Gasteiger partial charge >= 0.3 is 0 Å². The minimum atomic E-state index is 0.194. The number of aromatic hydroxyl groups is 2. The van der Waals surface area contributed by atoms with Crippen LogP contribution in [0.1, 0.15) is 0 Å². The van der Waals surface area contributed by atoms with Crippen LogP contribution in [-0.2, 0) is 0 Å². The second-order valence-corrected chi connectivity index (χ2v) is 3.58. The third-order valence-corrected chi connectivity index (χ3v) is 1.51. The van der Waals surface area contributed by atoms with Crippen molar-refractivity contribution in [2.24, 2.45) is 0 Å². The van der Waals surface area contributed by atoms with Gasteiger partial charge in [-0.2, -0.15) is 0 Å². The summed E-state index contributed by atoms with van der Waals surface area (Å²) in [6.45, 7) is 0. The minimum Gasteiger partial charge on any atom is -0.508 e. The topological polar surface area (TPSA) is 40.5 Å². The number of hydrogen-bond donors (Lipinski definition) is 2. The number of alkyl halides is 2. The molecule has 4 heteroatoms. The quantitative estimate of drug-likeness (QED) is 0.706. The maximum absolute atomic E-state index is 8.63. The Hall–Kier alpha value is -1.38. The fourth-order valence-corrected chi connectivity index (χ4v) is 0.856. The van der Waals surface area contributed by atoms with E-state index in [1.165, 1.54) is 0 Å². The second kappa shape index (κ2) is 11.1. The molecule has 2 aromatic rings. The molecule has 0 spiro atoms. The van der Waals surface area contributed by atoms with Crippen molar-refractivity contribution in [2.45, 2.75) is 0 Å². The standard InChI is InChI=1S/2C6H6O.CH2Cl2/c2*7-6-4-2-1-3-5-6;2-1-3/h2*1-5,7H;1H2. The number of hydrogen-bond acceptors (Lipinski definition) is 2. The first-order valence-electron chi connectivity index (χ1n) is 4.80. The summed E-state index contributed by atoms with van der Waals surface area (Å²) in [7, 11) is 0. The minimum absolute atomic E-state index is 0.194. The molecule has 0 saturated carbocycles. The predicted octanol–water partition coefficient (Wildman–Crippen LogP) is 4.21. The van der Waals surface area contributed by atoms with Gasteiger partial charge in [0.1, 0.15) is 11.5 Å². The highest BCUT2D eigenvalue weighted by atomic mass is 35.5. The van der Waals surface area contributed by atoms with E-state index in [0.29, 0.717) is 11.5 Å². The number of benzene rings is 2. The summed E-state index contributed by atoms with van der Waals surface area (Å²) < 4.78 is 0. The van der Waals surface area contributed by atoms with Gasteiger partial charge in [0.2, 0.25) is 0 Å². The zero-order valence-corrected chi connectivity index (χ0v) is 10.6. The molecular formula is C13H14Cl2O2. The molecule has 2 N–H and O–H groups in total. The van der Waals surface area contributed by atoms with Crippen molar-refractivity contribution in [3.63, 3.8) is 0 Å². The highest BCUT2D eigenvalue weighted by Crippen LogP contribution is 2.03. The van der Waals surface area contributed by atoms with Crippen LogP contribution in [0.5, 0.6) is 11.5 Å². The lowest BCUT2D eigenvalue weighted by Crippen LogP contribution is -1.56. The van der Waals surface area contributed by atoms with Crippen LogP contribution in [0.3, 0.4) is 0 Å². The largest absolute Gasteiger partial charge is 0.508 e. The Morgan fingerprint density at radius 2 is 0.882 bits per heavy atom. The first-order chi connectivity index (χ1) is 8.20. The van der Waals surface area contributed by atoms with E-state index in [9.17, 15) is 0 Å². The monoisotopic (exact) mass is 272 g/mol. The van der Waals surface area contributed by atoms with E-state index in [-0.39, 0.29) is 5.34 Å². The van der Waals surface area contributed by atoms with Gasteiger partial charge in [0.05, 0.1) is 5.34 Å². The molecule has 0 aliphatic rings. The highest BCUT2D eigenvalue weighted by molar-refractivity contribution is 6.40. The van der Waals surface area contributed by atoms with Crippen molar-refractivity contribution in [1.82, 2.24) is 0 Å². The van der Waals surface area contributed by atoms with E-state index in [4.69, 9.17) is 33.4 Å². The molecule has 0 aliphatic heterocycles. The van der Waals surface area contributed by atoms with Crippen molar-refractivity contribution >= 4 is 23.2 Å². The Morgan fingerprint density at radius 1 is 0.647 bits per heavy atom. The van der Waals surface area contributed by atoms with Gasteiger partial charge in [-0.1, -0.05) is 36.4 Å². The maximum Gasteiger partial charge on any atom is 0.115 e. The molecule has 0 aromatic heterocycles. The smallest absolute Gasteiger partial charge is 0.115 e. The number of phenolic OH excluding ortho intramolecular Hbond substituents is 2. The second-order valence-electron chi connectivity index (χ2n) is 2.77. The first-order valence-corrected chi connectivity index (χ1v) is 5.87. The number of para-hydroxylation sites is 2.